The summed E-state index contributed by atoms with van der Waals surface area (Å²) in [5, 5.41) is 2.66. The number of rotatable bonds is 7. The third-order valence-electron chi connectivity index (χ3n) is 8.09. The minimum Gasteiger partial charge on any atom is -0.465 e. The van der Waals surface area contributed by atoms with Crippen molar-refractivity contribution >= 4 is 23.7 Å². The van der Waals surface area contributed by atoms with Crippen molar-refractivity contribution in [1.82, 2.24) is 24.3 Å². The summed E-state index contributed by atoms with van der Waals surface area (Å²) in [6.07, 6.45) is 1.54. The number of ether oxygens (including phenoxy) is 1. The molecule has 2 aromatic rings. The Morgan fingerprint density at radius 1 is 1.05 bits per heavy atom. The van der Waals surface area contributed by atoms with E-state index in [2.05, 4.69) is 15.2 Å². The third kappa shape index (κ3) is 5.97. The van der Waals surface area contributed by atoms with Gasteiger partial charge in [-0.3, -0.25) is 19.6 Å². The number of likely N-dealkylation sites (tertiary alicyclic amines) is 1. The second-order valence-electron chi connectivity index (χ2n) is 11.5. The van der Waals surface area contributed by atoms with Crippen molar-refractivity contribution < 1.29 is 19.1 Å². The van der Waals surface area contributed by atoms with Crippen molar-refractivity contribution in [2.24, 2.45) is 23.3 Å². The van der Waals surface area contributed by atoms with E-state index in [1.165, 1.54) is 10.8 Å². The van der Waals surface area contributed by atoms with Crippen LogP contribution in [0.2, 0.25) is 0 Å². The molecule has 0 radical (unpaired) electrons. The first kappa shape index (κ1) is 28.7. The molecule has 13 nitrogen and oxygen atoms in total. The van der Waals surface area contributed by atoms with E-state index < -0.39 is 23.3 Å². The molecule has 5 rings (SSSR count). The molecular weight excluding hydrogens is 528 g/mol. The van der Waals surface area contributed by atoms with Crippen molar-refractivity contribution in [3.63, 3.8) is 0 Å². The Labute approximate surface area is 238 Å². The number of carbonyl (C=O) groups is 3. The fraction of sp³-hybridized carbons (Fsp3) is 0.536. The predicted octanol–water partition coefficient (Wildman–Crippen LogP) is 0.139. The van der Waals surface area contributed by atoms with Crippen LogP contribution in [-0.2, 0) is 14.3 Å². The highest BCUT2D eigenvalue weighted by Gasteiger charge is 2.55. The minimum atomic E-state index is -0.968. The first-order valence-electron chi connectivity index (χ1n) is 14.0. The van der Waals surface area contributed by atoms with Gasteiger partial charge in [-0.2, -0.15) is 4.98 Å². The largest absolute Gasteiger partial charge is 0.465 e. The summed E-state index contributed by atoms with van der Waals surface area (Å²) < 4.78 is 6.72. The standard InChI is InChI=1S/C28H38N8O5/c1-4-41-24(37)23(35-15-19-20(16-35)22(19)29)17-5-7-18(8-6-17)36-10-9-21(32-27(36)40)31-26(39)34-13-11-33(12-14-34)25(38)28(2,3)30/h5-10,19-20,22-23H,4,11-16,29-30H2,1-3H3,(H,31,32,39,40). The van der Waals surface area contributed by atoms with Gasteiger partial charge < -0.3 is 26.0 Å². The van der Waals surface area contributed by atoms with Crippen molar-refractivity contribution in [2.45, 2.75) is 38.4 Å². The van der Waals surface area contributed by atoms with E-state index >= 15 is 0 Å². The number of esters is 1. The molecule has 3 aliphatic rings. The van der Waals surface area contributed by atoms with E-state index in [0.29, 0.717) is 50.3 Å². The summed E-state index contributed by atoms with van der Waals surface area (Å²) in [6, 6.07) is 7.99. The lowest BCUT2D eigenvalue weighted by Crippen LogP contribution is -2.58. The van der Waals surface area contributed by atoms with Crippen LogP contribution in [0.25, 0.3) is 5.69 Å². The number of nitrogens with two attached hydrogens (primary N) is 2. The van der Waals surface area contributed by atoms with E-state index in [1.807, 2.05) is 12.1 Å². The lowest BCUT2D eigenvalue weighted by Gasteiger charge is -2.37. The molecule has 1 aliphatic carbocycles. The molecule has 2 saturated heterocycles. The zero-order valence-electron chi connectivity index (χ0n) is 23.7. The summed E-state index contributed by atoms with van der Waals surface area (Å²) in [4.78, 5) is 60.2. The van der Waals surface area contributed by atoms with Crippen LogP contribution in [0.15, 0.2) is 41.3 Å². The maximum absolute atomic E-state index is 12.8. The number of anilines is 1. The van der Waals surface area contributed by atoms with E-state index in [9.17, 15) is 19.2 Å². The highest BCUT2D eigenvalue weighted by Crippen LogP contribution is 2.46. The lowest BCUT2D eigenvalue weighted by atomic mass is 10.0. The highest BCUT2D eigenvalue weighted by molar-refractivity contribution is 5.89. The molecule has 3 amide bonds. The number of urea groups is 1. The van der Waals surface area contributed by atoms with Crippen molar-refractivity contribution in [3.8, 4) is 5.69 Å². The smallest absolute Gasteiger partial charge is 0.354 e. The van der Waals surface area contributed by atoms with Crippen LogP contribution in [0, 0.1) is 11.8 Å². The minimum absolute atomic E-state index is 0.127. The second-order valence-corrected chi connectivity index (χ2v) is 11.5. The summed E-state index contributed by atoms with van der Waals surface area (Å²) in [6.45, 7) is 8.34. The quantitative estimate of drug-likeness (QED) is 0.395. The van der Waals surface area contributed by atoms with Crippen LogP contribution in [0.1, 0.15) is 32.4 Å². The van der Waals surface area contributed by atoms with Gasteiger partial charge in [0, 0.05) is 51.5 Å². The highest BCUT2D eigenvalue weighted by atomic mass is 16.5. The topological polar surface area (TPSA) is 169 Å². The van der Waals surface area contributed by atoms with Crippen LogP contribution < -0.4 is 22.5 Å². The number of nitrogens with one attached hydrogen (secondary N) is 1. The summed E-state index contributed by atoms with van der Waals surface area (Å²) >= 11 is 0. The molecule has 41 heavy (non-hydrogen) atoms. The van der Waals surface area contributed by atoms with Gasteiger partial charge in [-0.1, -0.05) is 12.1 Å². The van der Waals surface area contributed by atoms with Gasteiger partial charge in [-0.05, 0) is 56.4 Å². The average molecular weight is 567 g/mol. The molecule has 1 saturated carbocycles. The number of nitrogens with zero attached hydrogens (tertiary/aromatic N) is 5. The first-order chi connectivity index (χ1) is 19.5. The number of benzene rings is 1. The number of piperidine rings is 1. The normalized spacial score (nSPS) is 23.1. The molecule has 3 atom stereocenters. The fourth-order valence-electron chi connectivity index (χ4n) is 5.73. The van der Waals surface area contributed by atoms with Gasteiger partial charge in [0.05, 0.1) is 17.8 Å². The molecule has 2 aliphatic heterocycles. The Balaban J connectivity index is 1.22. The third-order valence-corrected chi connectivity index (χ3v) is 8.09. The van der Waals surface area contributed by atoms with Crippen LogP contribution in [0.3, 0.4) is 0 Å². The Morgan fingerprint density at radius 3 is 2.22 bits per heavy atom. The number of hydrogen-bond acceptors (Lipinski definition) is 9. The number of aromatic nitrogens is 2. The molecule has 3 unspecified atom stereocenters. The molecule has 0 bridgehead atoms. The average Bonchev–Trinajstić information content (AvgIpc) is 3.31. The van der Waals surface area contributed by atoms with Gasteiger partial charge in [0.2, 0.25) is 5.91 Å². The van der Waals surface area contributed by atoms with Gasteiger partial charge in [0.25, 0.3) is 0 Å². The maximum atomic E-state index is 12.8. The Hall–Kier alpha value is -3.81. The Bertz CT molecular complexity index is 1350. The van der Waals surface area contributed by atoms with Crippen molar-refractivity contribution in [1.29, 1.82) is 0 Å². The van der Waals surface area contributed by atoms with Crippen LogP contribution >= 0.6 is 0 Å². The summed E-state index contributed by atoms with van der Waals surface area (Å²) in [5.74, 6) is 0.511. The molecule has 3 fully saturated rings. The Morgan fingerprint density at radius 2 is 1.66 bits per heavy atom. The second kappa shape index (κ2) is 11.2. The predicted molar refractivity (Wildman–Crippen MR) is 151 cm³/mol. The number of carbonyl (C=O) groups excluding carboxylic acids is 3. The molecule has 220 valence electrons. The number of amides is 3. The first-order valence-corrected chi connectivity index (χ1v) is 14.0. The molecule has 1 aromatic heterocycles. The summed E-state index contributed by atoms with van der Waals surface area (Å²) in [7, 11) is 0. The zero-order valence-corrected chi connectivity index (χ0v) is 23.7. The molecule has 0 spiro atoms. The van der Waals surface area contributed by atoms with Crippen molar-refractivity contribution in [2.75, 3.05) is 51.2 Å². The van der Waals surface area contributed by atoms with E-state index in [1.54, 1.807) is 48.8 Å². The van der Waals surface area contributed by atoms with E-state index in [0.717, 1.165) is 18.7 Å². The van der Waals surface area contributed by atoms with Crippen LogP contribution in [0.5, 0.6) is 0 Å². The van der Waals surface area contributed by atoms with E-state index in [4.69, 9.17) is 16.2 Å². The van der Waals surface area contributed by atoms with Gasteiger partial charge in [0.1, 0.15) is 11.9 Å². The molecule has 3 heterocycles. The number of fused-ring (bicyclic) bond motifs is 1. The van der Waals surface area contributed by atoms with Crippen LogP contribution in [0.4, 0.5) is 10.6 Å². The fourth-order valence-corrected chi connectivity index (χ4v) is 5.73. The van der Waals surface area contributed by atoms with E-state index in [-0.39, 0.29) is 23.7 Å². The monoisotopic (exact) mass is 566 g/mol. The molecule has 1 aromatic carbocycles. The van der Waals surface area contributed by atoms with Gasteiger partial charge in [-0.25, -0.2) is 14.4 Å². The lowest BCUT2D eigenvalue weighted by molar-refractivity contribution is -0.149. The zero-order chi connectivity index (χ0) is 29.5. The molecule has 5 N–H and O–H groups in total. The maximum Gasteiger partial charge on any atom is 0.354 e. The van der Waals surface area contributed by atoms with Gasteiger partial charge >= 0.3 is 17.7 Å². The van der Waals surface area contributed by atoms with Gasteiger partial charge in [0.15, 0.2) is 0 Å². The molecular formula is C28H38N8O5. The number of hydrogen-bond donors (Lipinski definition) is 3. The van der Waals surface area contributed by atoms with Gasteiger partial charge in [-0.15, -0.1) is 0 Å². The van der Waals surface area contributed by atoms with Crippen LogP contribution in [-0.4, -0.2) is 99.6 Å². The Kier molecular flexibility index (Phi) is 7.86. The SMILES string of the molecule is CCOC(=O)C(c1ccc(-n2ccc(NC(=O)N3CCN(C(=O)C(C)(C)N)CC3)nc2=O)cc1)N1CC2C(N)C2C1. The number of piperazine rings is 1. The van der Waals surface area contributed by atoms with Crippen molar-refractivity contribution in [3.05, 3.63) is 52.6 Å². The summed E-state index contributed by atoms with van der Waals surface area (Å²) in [5.41, 5.74) is 11.8. The molecule has 13 heteroatoms.